The highest BCUT2D eigenvalue weighted by molar-refractivity contribution is 6.96. The highest BCUT2D eigenvalue weighted by Crippen LogP contribution is 2.14. The summed E-state index contributed by atoms with van der Waals surface area (Å²) in [6.45, 7) is 0. The number of benzene rings is 1. The molecule has 0 amide bonds. The van der Waals surface area contributed by atoms with Crippen LogP contribution in [0.1, 0.15) is 0 Å². The summed E-state index contributed by atoms with van der Waals surface area (Å²) in [7, 11) is 0. The van der Waals surface area contributed by atoms with Crippen LogP contribution < -0.4 is 0 Å². The standard InChI is InChI=1S/C11H9NOS/c1-2-6-10(7-3-1)11-8-4-5-9-13-14-12-11/h1-9H. The molecule has 0 radical (unpaired) electrons. The number of rotatable bonds is 1. The summed E-state index contributed by atoms with van der Waals surface area (Å²) in [5.74, 6) is 0. The van der Waals surface area contributed by atoms with Crippen LogP contribution in [0, 0.1) is 0 Å². The Balaban J connectivity index is 2.49. The fourth-order valence-corrected chi connectivity index (χ4v) is 1.50. The van der Waals surface area contributed by atoms with Gasteiger partial charge in [0.15, 0.2) is 11.8 Å². The first-order valence-electron chi connectivity index (χ1n) is 4.26. The van der Waals surface area contributed by atoms with Gasteiger partial charge in [0.2, 0.25) is 0 Å². The molecular formula is C11H9NOS. The van der Waals surface area contributed by atoms with Crippen molar-refractivity contribution in [1.82, 2.24) is 4.37 Å². The smallest absolute Gasteiger partial charge is 0.152 e. The number of nitrogens with zero attached hydrogens (tertiary/aromatic N) is 1. The van der Waals surface area contributed by atoms with Crippen LogP contribution in [-0.2, 0) is 0 Å². The van der Waals surface area contributed by atoms with Crippen LogP contribution in [0.25, 0.3) is 11.3 Å². The second kappa shape index (κ2) is 4.58. The lowest BCUT2D eigenvalue weighted by Gasteiger charge is -1.95. The van der Waals surface area contributed by atoms with Gasteiger partial charge < -0.3 is 3.85 Å². The van der Waals surface area contributed by atoms with Crippen molar-refractivity contribution in [3.8, 4) is 11.3 Å². The summed E-state index contributed by atoms with van der Waals surface area (Å²) in [5, 5.41) is 0. The fourth-order valence-electron chi connectivity index (χ4n) is 1.10. The van der Waals surface area contributed by atoms with Gasteiger partial charge in [0.25, 0.3) is 0 Å². The maximum absolute atomic E-state index is 5.02. The lowest BCUT2D eigenvalue weighted by Crippen LogP contribution is -1.76. The van der Waals surface area contributed by atoms with Gasteiger partial charge in [-0.05, 0) is 12.1 Å². The molecule has 0 aliphatic heterocycles. The van der Waals surface area contributed by atoms with Crippen LogP contribution in [0.3, 0.4) is 0 Å². The van der Waals surface area contributed by atoms with Crippen molar-refractivity contribution in [2.75, 3.05) is 0 Å². The molecule has 0 bridgehead atoms. The Labute approximate surface area is 86.5 Å². The Kier molecular flexibility index (Phi) is 2.93. The van der Waals surface area contributed by atoms with Crippen molar-refractivity contribution < 1.29 is 3.85 Å². The van der Waals surface area contributed by atoms with Gasteiger partial charge in [-0.25, -0.2) is 0 Å². The maximum atomic E-state index is 5.02. The summed E-state index contributed by atoms with van der Waals surface area (Å²) < 4.78 is 9.25. The van der Waals surface area contributed by atoms with E-state index in [0.717, 1.165) is 23.1 Å². The van der Waals surface area contributed by atoms with Gasteiger partial charge in [0.05, 0.1) is 5.69 Å². The van der Waals surface area contributed by atoms with Crippen LogP contribution in [0.2, 0.25) is 0 Å². The summed E-state index contributed by atoms with van der Waals surface area (Å²) in [4.78, 5) is 0. The van der Waals surface area contributed by atoms with E-state index in [0.29, 0.717) is 0 Å². The Hall–Kier alpha value is -1.61. The van der Waals surface area contributed by atoms with Crippen molar-refractivity contribution in [2.45, 2.75) is 0 Å². The Morgan fingerprint density at radius 3 is 2.57 bits per heavy atom. The molecule has 1 aromatic heterocycles. The molecule has 1 heterocycles. The van der Waals surface area contributed by atoms with Crippen molar-refractivity contribution in [1.29, 1.82) is 0 Å². The molecule has 70 valence electrons. The van der Waals surface area contributed by atoms with Gasteiger partial charge >= 0.3 is 0 Å². The fraction of sp³-hybridized carbons (Fsp3) is 0. The van der Waals surface area contributed by atoms with E-state index < -0.39 is 0 Å². The molecule has 0 atom stereocenters. The van der Waals surface area contributed by atoms with E-state index in [9.17, 15) is 0 Å². The first-order chi connectivity index (χ1) is 6.97. The van der Waals surface area contributed by atoms with Crippen LogP contribution >= 0.6 is 11.8 Å². The molecular weight excluding hydrogens is 194 g/mol. The van der Waals surface area contributed by atoms with Crippen molar-refractivity contribution in [3.05, 3.63) is 54.8 Å². The molecule has 14 heavy (non-hydrogen) atoms. The topological polar surface area (TPSA) is 26.0 Å². The molecule has 2 rings (SSSR count). The van der Waals surface area contributed by atoms with E-state index in [1.807, 2.05) is 48.5 Å². The SMILES string of the molecule is c1ccc(-c2ccccosn2)cc1. The lowest BCUT2D eigenvalue weighted by atomic mass is 10.1. The van der Waals surface area contributed by atoms with Crippen molar-refractivity contribution in [3.63, 3.8) is 0 Å². The summed E-state index contributed by atoms with van der Waals surface area (Å²) in [5.41, 5.74) is 2.01. The molecule has 3 heteroatoms. The van der Waals surface area contributed by atoms with E-state index in [4.69, 9.17) is 3.85 Å². The molecule has 2 nitrogen and oxygen atoms in total. The second-order valence-corrected chi connectivity index (χ2v) is 3.23. The number of aromatic nitrogens is 1. The first-order valence-corrected chi connectivity index (χ1v) is 4.96. The maximum Gasteiger partial charge on any atom is 0.152 e. The lowest BCUT2D eigenvalue weighted by molar-refractivity contribution is 0.679. The van der Waals surface area contributed by atoms with Crippen LogP contribution in [0.4, 0.5) is 0 Å². The zero-order chi connectivity index (χ0) is 9.64. The van der Waals surface area contributed by atoms with Gasteiger partial charge in [-0.15, -0.1) is 0 Å². The second-order valence-electron chi connectivity index (χ2n) is 2.70. The molecule has 0 fully saturated rings. The van der Waals surface area contributed by atoms with Crippen molar-refractivity contribution >= 4 is 11.8 Å². The summed E-state index contributed by atoms with van der Waals surface area (Å²) >= 11 is 1.08. The minimum absolute atomic E-state index is 0.917. The third-order valence-corrected chi connectivity index (χ3v) is 2.22. The van der Waals surface area contributed by atoms with E-state index in [2.05, 4.69) is 4.37 Å². The molecule has 2 aromatic rings. The molecule has 0 saturated heterocycles. The summed E-state index contributed by atoms with van der Waals surface area (Å²) in [6, 6.07) is 15.7. The Bertz CT molecular complexity index is 412. The zero-order valence-corrected chi connectivity index (χ0v) is 8.28. The zero-order valence-electron chi connectivity index (χ0n) is 7.46. The van der Waals surface area contributed by atoms with E-state index in [1.165, 1.54) is 0 Å². The minimum Gasteiger partial charge on any atom is -0.393 e. The predicted molar refractivity (Wildman–Crippen MR) is 57.4 cm³/mol. The number of hydrogen-bond donors (Lipinski definition) is 0. The largest absolute Gasteiger partial charge is 0.393 e. The minimum atomic E-state index is 0.917. The van der Waals surface area contributed by atoms with E-state index in [-0.39, 0.29) is 0 Å². The first kappa shape index (κ1) is 8.97. The van der Waals surface area contributed by atoms with Gasteiger partial charge in [0, 0.05) is 5.56 Å². The number of hydrogen-bond acceptors (Lipinski definition) is 3. The van der Waals surface area contributed by atoms with Gasteiger partial charge in [-0.3, -0.25) is 0 Å². The predicted octanol–water partition coefficient (Wildman–Crippen LogP) is 3.53. The molecule has 0 N–H and O–H groups in total. The third kappa shape index (κ3) is 2.20. The van der Waals surface area contributed by atoms with Crippen molar-refractivity contribution in [2.24, 2.45) is 0 Å². The molecule has 0 aliphatic rings. The Morgan fingerprint density at radius 2 is 1.71 bits per heavy atom. The van der Waals surface area contributed by atoms with E-state index >= 15 is 0 Å². The molecule has 0 spiro atoms. The van der Waals surface area contributed by atoms with Crippen LogP contribution in [0.5, 0.6) is 0 Å². The van der Waals surface area contributed by atoms with E-state index in [1.54, 1.807) is 6.26 Å². The molecule has 0 unspecified atom stereocenters. The van der Waals surface area contributed by atoms with Gasteiger partial charge in [-0.2, -0.15) is 4.37 Å². The van der Waals surface area contributed by atoms with Gasteiger partial charge in [-0.1, -0.05) is 36.4 Å². The quantitative estimate of drug-likeness (QED) is 0.708. The molecule has 1 aromatic carbocycles. The molecule has 0 aliphatic carbocycles. The van der Waals surface area contributed by atoms with Gasteiger partial charge in [0.1, 0.15) is 6.26 Å². The average Bonchev–Trinajstić information content (AvgIpc) is 2.18. The monoisotopic (exact) mass is 203 g/mol. The molecule has 0 saturated carbocycles. The summed E-state index contributed by atoms with van der Waals surface area (Å²) in [6.07, 6.45) is 1.60. The van der Waals surface area contributed by atoms with Crippen LogP contribution in [-0.4, -0.2) is 4.37 Å². The highest BCUT2D eigenvalue weighted by Gasteiger charge is 1.93. The third-order valence-electron chi connectivity index (χ3n) is 1.75. The average molecular weight is 203 g/mol. The van der Waals surface area contributed by atoms with Crippen LogP contribution in [0.15, 0.2) is 58.6 Å². The Morgan fingerprint density at radius 1 is 0.929 bits per heavy atom. The normalized spacial score (nSPS) is 9.43. The highest BCUT2D eigenvalue weighted by atomic mass is 32.1.